The van der Waals surface area contributed by atoms with Gasteiger partial charge in [0.05, 0.1) is 0 Å². The Morgan fingerprint density at radius 2 is 2.05 bits per heavy atom. The van der Waals surface area contributed by atoms with Crippen LogP contribution in [0.15, 0.2) is 42.5 Å². The van der Waals surface area contributed by atoms with E-state index >= 15 is 0 Å². The van der Waals surface area contributed by atoms with Crippen molar-refractivity contribution in [1.29, 1.82) is 0 Å². The second kappa shape index (κ2) is 5.86. The minimum atomic E-state index is -0.168. The Kier molecular flexibility index (Phi) is 3.93. The third-order valence-electron chi connectivity index (χ3n) is 4.34. The molecule has 2 aromatic rings. The molecule has 0 saturated carbocycles. The zero-order valence-electron chi connectivity index (χ0n) is 12.3. The van der Waals surface area contributed by atoms with Gasteiger partial charge in [-0.1, -0.05) is 24.3 Å². The lowest BCUT2D eigenvalue weighted by Gasteiger charge is -2.21. The Labute approximate surface area is 125 Å². The summed E-state index contributed by atoms with van der Waals surface area (Å²) in [6.07, 6.45) is 1.01. The van der Waals surface area contributed by atoms with Crippen LogP contribution in [0.3, 0.4) is 0 Å². The Morgan fingerprint density at radius 3 is 2.81 bits per heavy atom. The van der Waals surface area contributed by atoms with Gasteiger partial charge in [-0.2, -0.15) is 0 Å². The summed E-state index contributed by atoms with van der Waals surface area (Å²) < 4.78 is 13.2. The van der Waals surface area contributed by atoms with Gasteiger partial charge in [-0.15, -0.1) is 0 Å². The lowest BCUT2D eigenvalue weighted by molar-refractivity contribution is 0.623. The number of hydrogen-bond acceptors (Lipinski definition) is 2. The summed E-state index contributed by atoms with van der Waals surface area (Å²) in [7, 11) is 0. The SMILES string of the molecule is Cc1cc(F)ccc1CN1CC(CCN)c2ccccc21. The Balaban J connectivity index is 1.86. The summed E-state index contributed by atoms with van der Waals surface area (Å²) in [5.74, 6) is 0.339. The minimum Gasteiger partial charge on any atom is -0.366 e. The maximum Gasteiger partial charge on any atom is 0.123 e. The molecular formula is C18H21FN2. The molecule has 0 radical (unpaired) electrons. The van der Waals surface area contributed by atoms with Crippen LogP contribution in [0.5, 0.6) is 0 Å². The van der Waals surface area contributed by atoms with E-state index in [1.54, 1.807) is 12.1 Å². The normalized spacial score (nSPS) is 17.1. The van der Waals surface area contributed by atoms with Crippen molar-refractivity contribution in [1.82, 2.24) is 0 Å². The molecule has 1 aliphatic rings. The smallest absolute Gasteiger partial charge is 0.123 e. The first-order chi connectivity index (χ1) is 10.2. The van der Waals surface area contributed by atoms with Crippen LogP contribution in [-0.4, -0.2) is 13.1 Å². The van der Waals surface area contributed by atoms with Crippen molar-refractivity contribution in [3.8, 4) is 0 Å². The number of nitrogens with zero attached hydrogens (tertiary/aromatic N) is 1. The van der Waals surface area contributed by atoms with Crippen LogP contribution < -0.4 is 10.6 Å². The van der Waals surface area contributed by atoms with Crippen molar-refractivity contribution < 1.29 is 4.39 Å². The maximum absolute atomic E-state index is 13.2. The molecular weight excluding hydrogens is 263 g/mol. The standard InChI is InChI=1S/C18H21FN2/c1-13-10-16(19)7-6-14(13)11-21-12-15(8-9-20)17-4-2-3-5-18(17)21/h2-7,10,15H,8-9,11-12,20H2,1H3. The molecule has 1 heterocycles. The largest absolute Gasteiger partial charge is 0.366 e. The number of halogens is 1. The highest BCUT2D eigenvalue weighted by Gasteiger charge is 2.27. The molecule has 2 aromatic carbocycles. The van der Waals surface area contributed by atoms with E-state index in [0.717, 1.165) is 25.1 Å². The zero-order chi connectivity index (χ0) is 14.8. The summed E-state index contributed by atoms with van der Waals surface area (Å²) in [6.45, 7) is 4.50. The van der Waals surface area contributed by atoms with Crippen LogP contribution in [0.2, 0.25) is 0 Å². The number of anilines is 1. The third kappa shape index (κ3) is 2.79. The predicted molar refractivity (Wildman–Crippen MR) is 85.0 cm³/mol. The second-order valence-electron chi connectivity index (χ2n) is 5.78. The van der Waals surface area contributed by atoms with E-state index in [2.05, 4.69) is 29.2 Å². The van der Waals surface area contributed by atoms with E-state index in [1.807, 2.05) is 13.0 Å². The lowest BCUT2D eigenvalue weighted by Crippen LogP contribution is -2.22. The van der Waals surface area contributed by atoms with Crippen molar-refractivity contribution in [2.24, 2.45) is 5.73 Å². The van der Waals surface area contributed by atoms with E-state index in [0.29, 0.717) is 12.5 Å². The maximum atomic E-state index is 13.2. The fourth-order valence-electron chi connectivity index (χ4n) is 3.22. The molecule has 2 N–H and O–H groups in total. The van der Waals surface area contributed by atoms with E-state index in [4.69, 9.17) is 5.73 Å². The number of aryl methyl sites for hydroxylation is 1. The number of benzene rings is 2. The van der Waals surface area contributed by atoms with Gasteiger partial charge in [-0.3, -0.25) is 0 Å². The van der Waals surface area contributed by atoms with Gasteiger partial charge in [-0.05, 0) is 54.8 Å². The van der Waals surface area contributed by atoms with E-state index in [9.17, 15) is 4.39 Å². The van der Waals surface area contributed by atoms with Crippen molar-refractivity contribution >= 4 is 5.69 Å². The molecule has 0 spiro atoms. The molecule has 3 rings (SSSR count). The van der Waals surface area contributed by atoms with Gasteiger partial charge in [0.15, 0.2) is 0 Å². The highest BCUT2D eigenvalue weighted by Crippen LogP contribution is 2.38. The Bertz CT molecular complexity index is 639. The first kappa shape index (κ1) is 14.1. The number of hydrogen-bond donors (Lipinski definition) is 1. The van der Waals surface area contributed by atoms with Gasteiger partial charge >= 0.3 is 0 Å². The monoisotopic (exact) mass is 284 g/mol. The second-order valence-corrected chi connectivity index (χ2v) is 5.78. The van der Waals surface area contributed by atoms with Crippen LogP contribution >= 0.6 is 0 Å². The Hall–Kier alpha value is -1.87. The van der Waals surface area contributed by atoms with Gasteiger partial charge in [0.2, 0.25) is 0 Å². The van der Waals surface area contributed by atoms with Gasteiger partial charge < -0.3 is 10.6 Å². The molecule has 1 atom stereocenters. The van der Waals surface area contributed by atoms with Crippen molar-refractivity contribution in [3.05, 3.63) is 65.0 Å². The van der Waals surface area contributed by atoms with Crippen molar-refractivity contribution in [2.75, 3.05) is 18.0 Å². The quantitative estimate of drug-likeness (QED) is 0.929. The van der Waals surface area contributed by atoms with Crippen LogP contribution in [0, 0.1) is 12.7 Å². The highest BCUT2D eigenvalue weighted by molar-refractivity contribution is 5.60. The first-order valence-corrected chi connectivity index (χ1v) is 7.48. The number of rotatable bonds is 4. The van der Waals surface area contributed by atoms with Crippen LogP contribution in [0.4, 0.5) is 10.1 Å². The molecule has 0 aromatic heterocycles. The highest BCUT2D eigenvalue weighted by atomic mass is 19.1. The summed E-state index contributed by atoms with van der Waals surface area (Å²) in [5, 5.41) is 0. The Morgan fingerprint density at radius 1 is 1.24 bits per heavy atom. The van der Waals surface area contributed by atoms with E-state index in [1.165, 1.54) is 16.8 Å². The fourth-order valence-corrected chi connectivity index (χ4v) is 3.22. The van der Waals surface area contributed by atoms with Gasteiger partial charge in [0, 0.05) is 24.7 Å². The van der Waals surface area contributed by atoms with Gasteiger partial charge in [0.1, 0.15) is 5.82 Å². The molecule has 21 heavy (non-hydrogen) atoms. The molecule has 1 unspecified atom stereocenters. The average molecular weight is 284 g/mol. The number of fused-ring (bicyclic) bond motifs is 1. The molecule has 2 nitrogen and oxygen atoms in total. The molecule has 3 heteroatoms. The number of nitrogens with two attached hydrogens (primary N) is 1. The summed E-state index contributed by atoms with van der Waals surface area (Å²) in [5.41, 5.74) is 10.6. The average Bonchev–Trinajstić information content (AvgIpc) is 2.81. The van der Waals surface area contributed by atoms with E-state index in [-0.39, 0.29) is 5.82 Å². The molecule has 0 saturated heterocycles. The van der Waals surface area contributed by atoms with Crippen LogP contribution in [-0.2, 0) is 6.54 Å². The van der Waals surface area contributed by atoms with Gasteiger partial charge in [-0.25, -0.2) is 4.39 Å². The predicted octanol–water partition coefficient (Wildman–Crippen LogP) is 3.59. The zero-order valence-corrected chi connectivity index (χ0v) is 12.3. The van der Waals surface area contributed by atoms with Gasteiger partial charge in [0.25, 0.3) is 0 Å². The topological polar surface area (TPSA) is 29.3 Å². The third-order valence-corrected chi connectivity index (χ3v) is 4.34. The molecule has 0 fully saturated rings. The van der Waals surface area contributed by atoms with Crippen molar-refractivity contribution in [3.63, 3.8) is 0 Å². The number of para-hydroxylation sites is 1. The van der Waals surface area contributed by atoms with Crippen molar-refractivity contribution in [2.45, 2.75) is 25.8 Å². The minimum absolute atomic E-state index is 0.168. The molecule has 1 aliphatic heterocycles. The van der Waals surface area contributed by atoms with Crippen LogP contribution in [0.25, 0.3) is 0 Å². The molecule has 110 valence electrons. The fraction of sp³-hybridized carbons (Fsp3) is 0.333. The summed E-state index contributed by atoms with van der Waals surface area (Å²) >= 11 is 0. The molecule has 0 amide bonds. The van der Waals surface area contributed by atoms with Crippen LogP contribution in [0.1, 0.15) is 29.0 Å². The molecule has 0 aliphatic carbocycles. The first-order valence-electron chi connectivity index (χ1n) is 7.48. The lowest BCUT2D eigenvalue weighted by atomic mass is 9.98. The molecule has 0 bridgehead atoms. The summed E-state index contributed by atoms with van der Waals surface area (Å²) in [4.78, 5) is 2.38. The summed E-state index contributed by atoms with van der Waals surface area (Å²) in [6, 6.07) is 13.6. The van der Waals surface area contributed by atoms with E-state index < -0.39 is 0 Å².